The van der Waals surface area contributed by atoms with Gasteiger partial charge in [-0.2, -0.15) is 0 Å². The lowest BCUT2D eigenvalue weighted by atomic mass is 9.96. The van der Waals surface area contributed by atoms with Gasteiger partial charge in [0.1, 0.15) is 18.1 Å². The Bertz CT molecular complexity index is 1260. The zero-order valence-electron chi connectivity index (χ0n) is 18.1. The Labute approximate surface area is 191 Å². The van der Waals surface area contributed by atoms with Crippen LogP contribution in [0.2, 0.25) is 0 Å². The Kier molecular flexibility index (Phi) is 6.22. The van der Waals surface area contributed by atoms with E-state index in [0.29, 0.717) is 28.2 Å². The van der Waals surface area contributed by atoms with Gasteiger partial charge in [0, 0.05) is 23.5 Å². The lowest BCUT2D eigenvalue weighted by molar-refractivity contribution is 0.288. The van der Waals surface area contributed by atoms with Crippen LogP contribution in [-0.4, -0.2) is 34.5 Å². The number of ether oxygens (including phenoxy) is 3. The molecule has 0 aliphatic rings. The van der Waals surface area contributed by atoms with E-state index in [0.717, 1.165) is 11.1 Å². The second-order valence-corrected chi connectivity index (χ2v) is 7.26. The van der Waals surface area contributed by atoms with Crippen LogP contribution in [0.1, 0.15) is 5.56 Å². The van der Waals surface area contributed by atoms with Gasteiger partial charge in [0.15, 0.2) is 23.0 Å². The summed E-state index contributed by atoms with van der Waals surface area (Å²) in [6.07, 6.45) is 3.37. The van der Waals surface area contributed by atoms with Crippen LogP contribution in [0.4, 0.5) is 0 Å². The first-order chi connectivity index (χ1) is 16.0. The molecule has 1 heterocycles. The van der Waals surface area contributed by atoms with Crippen LogP contribution in [-0.2, 0) is 6.61 Å². The van der Waals surface area contributed by atoms with Crippen LogP contribution in [0.3, 0.4) is 0 Å². The fourth-order valence-corrected chi connectivity index (χ4v) is 3.57. The largest absolute Gasteiger partial charge is 0.508 e. The van der Waals surface area contributed by atoms with Crippen molar-refractivity contribution in [2.24, 2.45) is 0 Å². The van der Waals surface area contributed by atoms with Gasteiger partial charge in [-0.05, 0) is 47.5 Å². The molecule has 0 atom stereocenters. The van der Waals surface area contributed by atoms with E-state index in [9.17, 15) is 15.3 Å². The van der Waals surface area contributed by atoms with Gasteiger partial charge < -0.3 is 29.5 Å². The van der Waals surface area contributed by atoms with Crippen molar-refractivity contribution in [3.63, 3.8) is 0 Å². The molecule has 0 fully saturated rings. The number of aromatic nitrogens is 1. The summed E-state index contributed by atoms with van der Waals surface area (Å²) in [5.41, 5.74) is 3.08. The van der Waals surface area contributed by atoms with Crippen LogP contribution in [0.25, 0.3) is 22.3 Å². The highest BCUT2D eigenvalue weighted by molar-refractivity contribution is 5.88. The highest BCUT2D eigenvalue weighted by Crippen LogP contribution is 2.50. The molecule has 7 heteroatoms. The van der Waals surface area contributed by atoms with Crippen molar-refractivity contribution in [3.8, 4) is 56.8 Å². The summed E-state index contributed by atoms with van der Waals surface area (Å²) >= 11 is 0. The first-order valence-corrected chi connectivity index (χ1v) is 10.1. The quantitative estimate of drug-likeness (QED) is 0.363. The first-order valence-electron chi connectivity index (χ1n) is 10.1. The fraction of sp³-hybridized carbons (Fsp3) is 0.115. The monoisotopic (exact) mass is 445 g/mol. The predicted molar refractivity (Wildman–Crippen MR) is 124 cm³/mol. The van der Waals surface area contributed by atoms with Crippen molar-refractivity contribution in [1.82, 2.24) is 4.98 Å². The summed E-state index contributed by atoms with van der Waals surface area (Å²) in [7, 11) is 2.96. The molecule has 3 N–H and O–H groups in total. The topological polar surface area (TPSA) is 101 Å². The van der Waals surface area contributed by atoms with Crippen molar-refractivity contribution >= 4 is 0 Å². The SMILES string of the molecule is COc1cc(-c2ccc(O)cc2)c(OC)c(O)c1-c1ccc(OCc2cccnc2)c(O)c1. The Hall–Kier alpha value is -4.39. The number of phenolic OH excluding ortho intramolecular Hbond substituents is 3. The number of nitrogens with zero attached hydrogens (tertiary/aromatic N) is 1. The average Bonchev–Trinajstić information content (AvgIpc) is 2.84. The zero-order valence-corrected chi connectivity index (χ0v) is 18.1. The molecular formula is C26H23NO6. The highest BCUT2D eigenvalue weighted by Gasteiger charge is 2.22. The number of pyridine rings is 1. The standard InChI is InChI=1S/C26H23NO6/c1-31-23-13-20(17-5-8-19(28)9-6-17)26(32-2)25(30)24(23)18-7-10-22(21(29)12-18)33-15-16-4-3-11-27-14-16/h3-14,28-30H,15H2,1-2H3. The zero-order chi connectivity index (χ0) is 23.4. The van der Waals surface area contributed by atoms with E-state index in [1.807, 2.05) is 12.1 Å². The van der Waals surface area contributed by atoms with Crippen molar-refractivity contribution in [3.05, 3.63) is 78.6 Å². The Morgan fingerprint density at radius 2 is 1.58 bits per heavy atom. The fourth-order valence-electron chi connectivity index (χ4n) is 3.57. The Morgan fingerprint density at radius 3 is 2.21 bits per heavy atom. The van der Waals surface area contributed by atoms with Crippen LogP contribution >= 0.6 is 0 Å². The number of rotatable bonds is 7. The molecule has 1 aromatic heterocycles. The number of aromatic hydroxyl groups is 3. The molecule has 4 rings (SSSR count). The molecule has 0 aliphatic heterocycles. The molecule has 7 nitrogen and oxygen atoms in total. The van der Waals surface area contributed by atoms with Crippen molar-refractivity contribution in [2.45, 2.75) is 6.61 Å². The molecule has 0 radical (unpaired) electrons. The summed E-state index contributed by atoms with van der Waals surface area (Å²) < 4.78 is 16.8. The van der Waals surface area contributed by atoms with Gasteiger partial charge in [0.2, 0.25) is 0 Å². The van der Waals surface area contributed by atoms with Gasteiger partial charge in [-0.1, -0.05) is 24.3 Å². The minimum atomic E-state index is -0.136. The van der Waals surface area contributed by atoms with Gasteiger partial charge in [0.25, 0.3) is 0 Å². The van der Waals surface area contributed by atoms with Gasteiger partial charge in [-0.25, -0.2) is 0 Å². The number of benzene rings is 3. The first kappa shape index (κ1) is 21.8. The molecular weight excluding hydrogens is 422 g/mol. The summed E-state index contributed by atoms with van der Waals surface area (Å²) in [4.78, 5) is 4.04. The van der Waals surface area contributed by atoms with Crippen LogP contribution < -0.4 is 14.2 Å². The summed E-state index contributed by atoms with van der Waals surface area (Å²) in [6, 6.07) is 16.8. The number of methoxy groups -OCH3 is 2. The second kappa shape index (κ2) is 9.40. The van der Waals surface area contributed by atoms with E-state index in [1.165, 1.54) is 20.3 Å². The third kappa shape index (κ3) is 4.48. The van der Waals surface area contributed by atoms with Gasteiger partial charge in [-0.15, -0.1) is 0 Å². The molecule has 168 valence electrons. The molecule has 0 aliphatic carbocycles. The molecule has 4 aromatic rings. The third-order valence-electron chi connectivity index (χ3n) is 5.19. The molecule has 0 saturated heterocycles. The molecule has 0 amide bonds. The van der Waals surface area contributed by atoms with E-state index in [2.05, 4.69) is 4.98 Å². The maximum absolute atomic E-state index is 11.1. The lowest BCUT2D eigenvalue weighted by Crippen LogP contribution is -1.97. The van der Waals surface area contributed by atoms with Crippen molar-refractivity contribution < 1.29 is 29.5 Å². The van der Waals surface area contributed by atoms with Crippen LogP contribution in [0.15, 0.2) is 73.1 Å². The Morgan fingerprint density at radius 1 is 0.818 bits per heavy atom. The number of hydrogen-bond acceptors (Lipinski definition) is 7. The molecule has 33 heavy (non-hydrogen) atoms. The predicted octanol–water partition coefficient (Wildman–Crippen LogP) is 5.13. The number of phenols is 3. The molecule has 0 spiro atoms. The molecule has 0 bridgehead atoms. The molecule has 3 aromatic carbocycles. The van der Waals surface area contributed by atoms with E-state index in [1.54, 1.807) is 54.9 Å². The van der Waals surface area contributed by atoms with Gasteiger partial charge >= 0.3 is 0 Å². The van der Waals surface area contributed by atoms with E-state index in [4.69, 9.17) is 14.2 Å². The highest BCUT2D eigenvalue weighted by atomic mass is 16.5. The van der Waals surface area contributed by atoms with Crippen molar-refractivity contribution in [2.75, 3.05) is 14.2 Å². The maximum Gasteiger partial charge on any atom is 0.170 e. The van der Waals surface area contributed by atoms with Crippen LogP contribution in [0, 0.1) is 0 Å². The maximum atomic E-state index is 11.1. The van der Waals surface area contributed by atoms with Crippen LogP contribution in [0.5, 0.6) is 34.5 Å². The van der Waals surface area contributed by atoms with Gasteiger partial charge in [-0.3, -0.25) is 4.98 Å². The van der Waals surface area contributed by atoms with E-state index >= 15 is 0 Å². The average molecular weight is 445 g/mol. The van der Waals surface area contributed by atoms with Crippen molar-refractivity contribution in [1.29, 1.82) is 0 Å². The minimum Gasteiger partial charge on any atom is -0.508 e. The van der Waals surface area contributed by atoms with E-state index < -0.39 is 0 Å². The molecule has 0 unspecified atom stereocenters. The van der Waals surface area contributed by atoms with E-state index in [-0.39, 0.29) is 29.6 Å². The smallest absolute Gasteiger partial charge is 0.170 e. The molecule has 0 saturated carbocycles. The summed E-state index contributed by atoms with van der Waals surface area (Å²) in [5, 5.41) is 31.2. The second-order valence-electron chi connectivity index (χ2n) is 7.26. The third-order valence-corrected chi connectivity index (χ3v) is 5.19. The Balaban J connectivity index is 1.72. The summed E-state index contributed by atoms with van der Waals surface area (Å²) in [5.74, 6) is 0.844. The lowest BCUT2D eigenvalue weighted by Gasteiger charge is -2.18. The minimum absolute atomic E-state index is 0.0839. The summed E-state index contributed by atoms with van der Waals surface area (Å²) in [6.45, 7) is 0.254. The number of hydrogen-bond donors (Lipinski definition) is 3. The normalized spacial score (nSPS) is 10.6. The van der Waals surface area contributed by atoms with Gasteiger partial charge in [0.05, 0.1) is 19.8 Å².